The standard InChI is InChI=1S/C12H14FNO4/c13-8-1-2-11(15)10(5-8)12(16)14-6-9-7-17-3-4-18-9/h1-2,5,9,15H,3-4,6-7H2,(H,14,16). The molecule has 98 valence electrons. The zero-order valence-corrected chi connectivity index (χ0v) is 9.69. The molecule has 6 heteroatoms. The summed E-state index contributed by atoms with van der Waals surface area (Å²) in [5.74, 6) is -1.37. The average Bonchev–Trinajstić information content (AvgIpc) is 2.40. The second-order valence-electron chi connectivity index (χ2n) is 3.94. The van der Waals surface area contributed by atoms with Crippen LogP contribution in [0.4, 0.5) is 4.39 Å². The van der Waals surface area contributed by atoms with E-state index >= 15 is 0 Å². The molecule has 0 radical (unpaired) electrons. The van der Waals surface area contributed by atoms with Crippen molar-refractivity contribution in [2.45, 2.75) is 6.10 Å². The SMILES string of the molecule is O=C(NCC1COCCO1)c1cc(F)ccc1O. The van der Waals surface area contributed by atoms with Crippen molar-refractivity contribution >= 4 is 5.91 Å². The van der Waals surface area contributed by atoms with E-state index in [4.69, 9.17) is 9.47 Å². The van der Waals surface area contributed by atoms with Gasteiger partial charge in [0.1, 0.15) is 11.6 Å². The van der Waals surface area contributed by atoms with Crippen molar-refractivity contribution in [3.8, 4) is 5.75 Å². The lowest BCUT2D eigenvalue weighted by atomic mass is 10.2. The normalized spacial score (nSPS) is 19.5. The summed E-state index contributed by atoms with van der Waals surface area (Å²) in [4.78, 5) is 11.7. The number of amides is 1. The Balaban J connectivity index is 1.92. The van der Waals surface area contributed by atoms with Gasteiger partial charge in [-0.2, -0.15) is 0 Å². The van der Waals surface area contributed by atoms with E-state index in [0.717, 1.165) is 18.2 Å². The van der Waals surface area contributed by atoms with Crippen molar-refractivity contribution in [3.05, 3.63) is 29.6 Å². The number of nitrogens with one attached hydrogen (secondary N) is 1. The zero-order valence-electron chi connectivity index (χ0n) is 9.69. The van der Waals surface area contributed by atoms with E-state index in [1.165, 1.54) is 0 Å². The third-order valence-corrected chi connectivity index (χ3v) is 2.58. The van der Waals surface area contributed by atoms with E-state index in [9.17, 15) is 14.3 Å². The minimum absolute atomic E-state index is 0.0910. The van der Waals surface area contributed by atoms with Crippen LogP contribution in [0, 0.1) is 5.82 Å². The molecule has 1 atom stereocenters. The van der Waals surface area contributed by atoms with Crippen molar-refractivity contribution in [3.63, 3.8) is 0 Å². The summed E-state index contributed by atoms with van der Waals surface area (Å²) >= 11 is 0. The van der Waals surface area contributed by atoms with Crippen LogP contribution >= 0.6 is 0 Å². The number of halogens is 1. The van der Waals surface area contributed by atoms with E-state index < -0.39 is 11.7 Å². The first-order valence-electron chi connectivity index (χ1n) is 5.63. The molecule has 0 saturated carbocycles. The maximum Gasteiger partial charge on any atom is 0.255 e. The number of benzene rings is 1. The largest absolute Gasteiger partial charge is 0.507 e. The van der Waals surface area contributed by atoms with E-state index in [1.54, 1.807) is 0 Å². The molecule has 0 aliphatic carbocycles. The fraction of sp³-hybridized carbons (Fsp3) is 0.417. The van der Waals surface area contributed by atoms with Crippen LogP contribution in [-0.2, 0) is 9.47 Å². The van der Waals surface area contributed by atoms with Crippen LogP contribution in [0.2, 0.25) is 0 Å². The summed E-state index contributed by atoms with van der Waals surface area (Å²) in [5.41, 5.74) is -0.0910. The molecule has 1 saturated heterocycles. The fourth-order valence-corrected chi connectivity index (χ4v) is 1.65. The highest BCUT2D eigenvalue weighted by molar-refractivity contribution is 5.96. The first-order chi connectivity index (χ1) is 8.66. The second-order valence-corrected chi connectivity index (χ2v) is 3.94. The van der Waals surface area contributed by atoms with Gasteiger partial charge in [-0.25, -0.2) is 4.39 Å². The lowest BCUT2D eigenvalue weighted by molar-refractivity contribution is -0.0855. The Morgan fingerprint density at radius 2 is 2.33 bits per heavy atom. The third kappa shape index (κ3) is 3.18. The van der Waals surface area contributed by atoms with Crippen molar-refractivity contribution in [2.75, 3.05) is 26.4 Å². The zero-order chi connectivity index (χ0) is 13.0. The Morgan fingerprint density at radius 1 is 1.50 bits per heavy atom. The van der Waals surface area contributed by atoms with Crippen LogP contribution < -0.4 is 5.32 Å². The average molecular weight is 255 g/mol. The summed E-state index contributed by atoms with van der Waals surface area (Å²) in [6.07, 6.45) is -0.210. The Morgan fingerprint density at radius 3 is 3.06 bits per heavy atom. The highest BCUT2D eigenvalue weighted by atomic mass is 19.1. The molecule has 0 aromatic heterocycles. The van der Waals surface area contributed by atoms with Gasteiger partial charge in [-0.15, -0.1) is 0 Å². The number of hydrogen-bond acceptors (Lipinski definition) is 4. The fourth-order valence-electron chi connectivity index (χ4n) is 1.65. The van der Waals surface area contributed by atoms with Gasteiger partial charge in [-0.3, -0.25) is 4.79 Å². The molecule has 0 bridgehead atoms. The Labute approximate surface area is 104 Å². The van der Waals surface area contributed by atoms with Gasteiger partial charge in [-0.1, -0.05) is 0 Å². The van der Waals surface area contributed by atoms with Gasteiger partial charge in [0, 0.05) is 6.54 Å². The van der Waals surface area contributed by atoms with Crippen molar-refractivity contribution in [2.24, 2.45) is 0 Å². The molecule has 1 aromatic carbocycles. The first kappa shape index (κ1) is 12.8. The monoisotopic (exact) mass is 255 g/mol. The number of phenols is 1. The maximum absolute atomic E-state index is 13.0. The molecule has 5 nitrogen and oxygen atoms in total. The lowest BCUT2D eigenvalue weighted by Crippen LogP contribution is -2.39. The number of carbonyl (C=O) groups is 1. The van der Waals surface area contributed by atoms with E-state index in [1.807, 2.05) is 0 Å². The van der Waals surface area contributed by atoms with E-state index in [-0.39, 0.29) is 24.0 Å². The third-order valence-electron chi connectivity index (χ3n) is 2.58. The summed E-state index contributed by atoms with van der Waals surface area (Å²) < 4.78 is 23.5. The molecule has 1 fully saturated rings. The molecule has 0 spiro atoms. The topological polar surface area (TPSA) is 67.8 Å². The summed E-state index contributed by atoms with van der Waals surface area (Å²) in [5, 5.41) is 12.0. The molecule has 1 heterocycles. The number of phenolic OH excluding ortho intramolecular Hbond substituents is 1. The van der Waals surface area contributed by atoms with Crippen LogP contribution in [-0.4, -0.2) is 43.5 Å². The van der Waals surface area contributed by atoms with Crippen molar-refractivity contribution in [1.29, 1.82) is 0 Å². The summed E-state index contributed by atoms with van der Waals surface area (Å²) in [6.45, 7) is 1.71. The number of aromatic hydroxyl groups is 1. The first-order valence-corrected chi connectivity index (χ1v) is 5.63. The van der Waals surface area contributed by atoms with Crippen LogP contribution in [0.3, 0.4) is 0 Å². The van der Waals surface area contributed by atoms with Gasteiger partial charge in [-0.05, 0) is 18.2 Å². The predicted octanol–water partition coefficient (Wildman–Crippen LogP) is 0.676. The van der Waals surface area contributed by atoms with Gasteiger partial charge in [0.25, 0.3) is 5.91 Å². The summed E-state index contributed by atoms with van der Waals surface area (Å²) in [7, 11) is 0. The van der Waals surface area contributed by atoms with Crippen LogP contribution in [0.15, 0.2) is 18.2 Å². The quantitative estimate of drug-likeness (QED) is 0.833. The molecular formula is C12H14FNO4. The molecule has 2 N–H and O–H groups in total. The van der Waals surface area contributed by atoms with E-state index in [2.05, 4.69) is 5.32 Å². The Kier molecular flexibility index (Phi) is 4.11. The molecule has 2 rings (SSSR count). The molecule has 18 heavy (non-hydrogen) atoms. The summed E-state index contributed by atoms with van der Waals surface area (Å²) in [6, 6.07) is 3.22. The Hall–Kier alpha value is -1.66. The predicted molar refractivity (Wildman–Crippen MR) is 61.0 cm³/mol. The lowest BCUT2D eigenvalue weighted by Gasteiger charge is -2.23. The van der Waals surface area contributed by atoms with Gasteiger partial charge in [0.05, 0.1) is 31.5 Å². The molecule has 1 amide bonds. The number of rotatable bonds is 3. The molecule has 1 aliphatic heterocycles. The van der Waals surface area contributed by atoms with Gasteiger partial charge < -0.3 is 19.9 Å². The van der Waals surface area contributed by atoms with Gasteiger partial charge in [0.2, 0.25) is 0 Å². The van der Waals surface area contributed by atoms with Gasteiger partial charge in [0.15, 0.2) is 0 Å². The number of ether oxygens (including phenoxy) is 2. The molecular weight excluding hydrogens is 241 g/mol. The second kappa shape index (κ2) is 5.79. The Bertz CT molecular complexity index is 432. The highest BCUT2D eigenvalue weighted by Gasteiger charge is 2.17. The highest BCUT2D eigenvalue weighted by Crippen LogP contribution is 2.17. The molecule has 1 aromatic rings. The minimum Gasteiger partial charge on any atom is -0.507 e. The van der Waals surface area contributed by atoms with Crippen molar-refractivity contribution in [1.82, 2.24) is 5.32 Å². The van der Waals surface area contributed by atoms with Crippen LogP contribution in [0.1, 0.15) is 10.4 Å². The minimum atomic E-state index is -0.574. The molecule has 1 aliphatic rings. The van der Waals surface area contributed by atoms with Crippen molar-refractivity contribution < 1.29 is 23.8 Å². The van der Waals surface area contributed by atoms with Crippen LogP contribution in [0.25, 0.3) is 0 Å². The number of hydrogen-bond donors (Lipinski definition) is 2. The van der Waals surface area contributed by atoms with Crippen LogP contribution in [0.5, 0.6) is 5.75 Å². The number of carbonyl (C=O) groups excluding carboxylic acids is 1. The van der Waals surface area contributed by atoms with Gasteiger partial charge >= 0.3 is 0 Å². The smallest absolute Gasteiger partial charge is 0.255 e. The maximum atomic E-state index is 13.0. The molecule has 1 unspecified atom stereocenters. The van der Waals surface area contributed by atoms with E-state index in [0.29, 0.717) is 19.8 Å².